The molecule has 0 amide bonds. The van der Waals surface area contributed by atoms with Gasteiger partial charge in [0.05, 0.1) is 12.2 Å². The lowest BCUT2D eigenvalue weighted by Gasteiger charge is -2.09. The summed E-state index contributed by atoms with van der Waals surface area (Å²) in [6, 6.07) is 0. The maximum Gasteiger partial charge on any atom is 0.0551 e. The van der Waals surface area contributed by atoms with Crippen LogP contribution in [0.4, 0.5) is 0 Å². The first-order valence-corrected chi connectivity index (χ1v) is 2.61. The minimum absolute atomic E-state index is 0.125. The highest BCUT2D eigenvalue weighted by Crippen LogP contribution is 1.92. The van der Waals surface area contributed by atoms with Crippen LogP contribution in [0.3, 0.4) is 0 Å². The third-order valence-corrected chi connectivity index (χ3v) is 0.504. The number of ether oxygens (including phenoxy) is 1. The molecular weight excluding hydrogens is 88.1 g/mol. The Bertz CT molecular complexity index is 33.4. The molecule has 0 saturated heterocycles. The van der Waals surface area contributed by atoms with Gasteiger partial charge in [-0.25, -0.2) is 0 Å². The second-order valence-corrected chi connectivity index (χ2v) is 2.00. The summed E-state index contributed by atoms with van der Waals surface area (Å²) < 4.78 is 5.14. The Morgan fingerprint density at radius 1 is 1.29 bits per heavy atom. The zero-order valence-corrected chi connectivity index (χ0v) is 5.27. The van der Waals surface area contributed by atoms with Crippen molar-refractivity contribution in [2.24, 2.45) is 0 Å². The predicted octanol–water partition coefficient (Wildman–Crippen LogP) is 1.63. The van der Waals surface area contributed by atoms with Gasteiger partial charge in [0.1, 0.15) is 0 Å². The quantitative estimate of drug-likeness (QED) is 0.513. The molecule has 0 aromatic rings. The SMILES string of the molecule is [CH2]C(C)OC(C)C. The van der Waals surface area contributed by atoms with Gasteiger partial charge in [0.2, 0.25) is 0 Å². The molecule has 1 nitrogen and oxygen atoms in total. The zero-order valence-electron chi connectivity index (χ0n) is 5.27. The number of hydrogen-bond donors (Lipinski definition) is 0. The second-order valence-electron chi connectivity index (χ2n) is 2.00. The molecule has 1 atom stereocenters. The van der Waals surface area contributed by atoms with Crippen molar-refractivity contribution >= 4 is 0 Å². The van der Waals surface area contributed by atoms with Gasteiger partial charge >= 0.3 is 0 Å². The standard InChI is InChI=1S/C6H13O/c1-5(2)7-6(3)4/h5-6H,1H2,2-4H3. The summed E-state index contributed by atoms with van der Waals surface area (Å²) >= 11 is 0. The Balaban J connectivity index is 2.95. The monoisotopic (exact) mass is 101 g/mol. The van der Waals surface area contributed by atoms with Crippen molar-refractivity contribution in [2.45, 2.75) is 33.0 Å². The van der Waals surface area contributed by atoms with E-state index in [0.717, 1.165) is 0 Å². The van der Waals surface area contributed by atoms with Gasteiger partial charge in [-0.3, -0.25) is 0 Å². The fraction of sp³-hybridized carbons (Fsp3) is 0.833. The van der Waals surface area contributed by atoms with Gasteiger partial charge in [-0.1, -0.05) is 0 Å². The predicted molar refractivity (Wildman–Crippen MR) is 31.0 cm³/mol. The van der Waals surface area contributed by atoms with Crippen LogP contribution in [0, 0.1) is 6.92 Å². The lowest BCUT2D eigenvalue weighted by Crippen LogP contribution is -2.09. The number of rotatable bonds is 2. The van der Waals surface area contributed by atoms with Crippen molar-refractivity contribution in [3.63, 3.8) is 0 Å². The first-order valence-electron chi connectivity index (χ1n) is 2.61. The summed E-state index contributed by atoms with van der Waals surface area (Å²) in [7, 11) is 0. The van der Waals surface area contributed by atoms with Crippen LogP contribution in [-0.4, -0.2) is 12.2 Å². The molecule has 0 aliphatic rings. The largest absolute Gasteiger partial charge is 0.376 e. The molecule has 0 rings (SSSR count). The Hall–Kier alpha value is -0.0400. The average Bonchev–Trinajstić information content (AvgIpc) is 1.27. The first kappa shape index (κ1) is 6.96. The lowest BCUT2D eigenvalue weighted by atomic mass is 10.4. The van der Waals surface area contributed by atoms with Gasteiger partial charge in [-0.15, -0.1) is 0 Å². The fourth-order valence-electron chi connectivity index (χ4n) is 0.465. The highest BCUT2D eigenvalue weighted by Gasteiger charge is 1.94. The van der Waals surface area contributed by atoms with Crippen LogP contribution < -0.4 is 0 Å². The lowest BCUT2D eigenvalue weighted by molar-refractivity contribution is 0.0445. The summed E-state index contributed by atoms with van der Waals surface area (Å²) in [6.07, 6.45) is 0.437. The molecule has 0 aromatic heterocycles. The van der Waals surface area contributed by atoms with Gasteiger partial charge < -0.3 is 4.74 Å². The van der Waals surface area contributed by atoms with Gasteiger partial charge in [-0.05, 0) is 27.7 Å². The molecule has 0 heterocycles. The van der Waals surface area contributed by atoms with Crippen molar-refractivity contribution in [3.05, 3.63) is 6.92 Å². The zero-order chi connectivity index (χ0) is 5.86. The summed E-state index contributed by atoms with van der Waals surface area (Å²) in [5, 5.41) is 0. The maximum absolute atomic E-state index is 5.14. The normalized spacial score (nSPS) is 11.1. The Kier molecular flexibility index (Phi) is 3.01. The topological polar surface area (TPSA) is 9.23 Å². The third-order valence-electron chi connectivity index (χ3n) is 0.504. The van der Waals surface area contributed by atoms with E-state index >= 15 is 0 Å². The van der Waals surface area contributed by atoms with Crippen LogP contribution in [0.25, 0.3) is 0 Å². The van der Waals surface area contributed by atoms with Gasteiger partial charge in [-0.2, -0.15) is 0 Å². The van der Waals surface area contributed by atoms with Crippen molar-refractivity contribution < 1.29 is 4.74 Å². The van der Waals surface area contributed by atoms with Gasteiger partial charge in [0.25, 0.3) is 0 Å². The molecule has 0 spiro atoms. The van der Waals surface area contributed by atoms with E-state index in [4.69, 9.17) is 4.74 Å². The Morgan fingerprint density at radius 2 is 1.71 bits per heavy atom. The van der Waals surface area contributed by atoms with Crippen LogP contribution in [0.2, 0.25) is 0 Å². The molecule has 1 heteroatoms. The van der Waals surface area contributed by atoms with Crippen molar-refractivity contribution in [2.75, 3.05) is 0 Å². The van der Waals surface area contributed by atoms with E-state index in [1.807, 2.05) is 20.8 Å². The summed E-state index contributed by atoms with van der Waals surface area (Å²) in [6.45, 7) is 9.59. The van der Waals surface area contributed by atoms with E-state index in [0.29, 0.717) is 6.10 Å². The Labute approximate surface area is 45.7 Å². The first-order chi connectivity index (χ1) is 3.13. The highest BCUT2D eigenvalue weighted by molar-refractivity contribution is 4.50. The average molecular weight is 101 g/mol. The van der Waals surface area contributed by atoms with Crippen LogP contribution in [0.1, 0.15) is 20.8 Å². The molecule has 0 aliphatic carbocycles. The van der Waals surface area contributed by atoms with Crippen LogP contribution >= 0.6 is 0 Å². The van der Waals surface area contributed by atoms with E-state index in [9.17, 15) is 0 Å². The Morgan fingerprint density at radius 3 is 1.71 bits per heavy atom. The third kappa shape index (κ3) is 5.96. The number of hydrogen-bond acceptors (Lipinski definition) is 1. The molecule has 7 heavy (non-hydrogen) atoms. The molecule has 0 saturated carbocycles. The van der Waals surface area contributed by atoms with E-state index in [1.54, 1.807) is 0 Å². The van der Waals surface area contributed by atoms with Crippen molar-refractivity contribution in [3.8, 4) is 0 Å². The summed E-state index contributed by atoms with van der Waals surface area (Å²) in [4.78, 5) is 0. The summed E-state index contributed by atoms with van der Waals surface area (Å²) in [5.74, 6) is 0. The van der Waals surface area contributed by atoms with Crippen LogP contribution in [0.5, 0.6) is 0 Å². The van der Waals surface area contributed by atoms with E-state index in [2.05, 4.69) is 6.92 Å². The molecular formula is C6H13O. The fourth-order valence-corrected chi connectivity index (χ4v) is 0.465. The minimum Gasteiger partial charge on any atom is -0.376 e. The molecule has 0 fully saturated rings. The molecule has 43 valence electrons. The van der Waals surface area contributed by atoms with Gasteiger partial charge in [0.15, 0.2) is 0 Å². The van der Waals surface area contributed by atoms with Crippen molar-refractivity contribution in [1.82, 2.24) is 0 Å². The van der Waals surface area contributed by atoms with Gasteiger partial charge in [0, 0.05) is 0 Å². The molecule has 0 aromatic carbocycles. The van der Waals surface area contributed by atoms with Crippen LogP contribution in [-0.2, 0) is 4.74 Å². The maximum atomic E-state index is 5.14. The molecule has 0 aliphatic heterocycles. The smallest absolute Gasteiger partial charge is 0.0551 e. The highest BCUT2D eigenvalue weighted by atomic mass is 16.5. The van der Waals surface area contributed by atoms with Crippen molar-refractivity contribution in [1.29, 1.82) is 0 Å². The molecule has 1 unspecified atom stereocenters. The van der Waals surface area contributed by atoms with Crippen LogP contribution in [0.15, 0.2) is 0 Å². The minimum atomic E-state index is 0.125. The van der Waals surface area contributed by atoms with E-state index in [-0.39, 0.29) is 6.10 Å². The molecule has 1 radical (unpaired) electrons. The molecule has 0 bridgehead atoms. The van der Waals surface area contributed by atoms with E-state index in [1.165, 1.54) is 0 Å². The van der Waals surface area contributed by atoms with E-state index < -0.39 is 0 Å². The molecule has 0 N–H and O–H groups in total. The second kappa shape index (κ2) is 3.03. The summed E-state index contributed by atoms with van der Waals surface area (Å²) in [5.41, 5.74) is 0.